The first-order chi connectivity index (χ1) is 12.2. The summed E-state index contributed by atoms with van der Waals surface area (Å²) in [5, 5.41) is 15.3. The van der Waals surface area contributed by atoms with Crippen molar-refractivity contribution in [3.8, 4) is 0 Å². The molecule has 8 nitrogen and oxygen atoms in total. The number of halogens is 1. The van der Waals surface area contributed by atoms with E-state index in [4.69, 9.17) is 11.6 Å². The molecule has 0 heterocycles. The van der Waals surface area contributed by atoms with E-state index < -0.39 is 14.9 Å². The first kappa shape index (κ1) is 19.7. The summed E-state index contributed by atoms with van der Waals surface area (Å²) in [6.45, 7) is 3.67. The molecule has 0 aromatic heterocycles. The van der Waals surface area contributed by atoms with Crippen molar-refractivity contribution in [1.29, 1.82) is 0 Å². The smallest absolute Gasteiger partial charge is 0.270 e. The van der Waals surface area contributed by atoms with E-state index in [-0.39, 0.29) is 27.0 Å². The molecule has 0 atom stereocenters. The zero-order valence-electron chi connectivity index (χ0n) is 14.1. The second-order valence-corrected chi connectivity index (χ2v) is 7.39. The van der Waals surface area contributed by atoms with Crippen LogP contribution in [0.4, 0.5) is 17.1 Å². The van der Waals surface area contributed by atoms with Crippen LogP contribution in [0.2, 0.25) is 5.02 Å². The first-order valence-electron chi connectivity index (χ1n) is 7.59. The molecule has 0 spiro atoms. The number of benzene rings is 2. The van der Waals surface area contributed by atoms with Crippen LogP contribution in [-0.4, -0.2) is 19.1 Å². The van der Waals surface area contributed by atoms with Gasteiger partial charge in [-0.05, 0) is 31.5 Å². The Balaban J connectivity index is 2.51. The number of nitrogens with zero attached hydrogens (tertiary/aromatic N) is 2. The molecular weight excluding hydrogens is 380 g/mol. The molecule has 0 amide bonds. The van der Waals surface area contributed by atoms with Crippen molar-refractivity contribution in [3.63, 3.8) is 0 Å². The van der Waals surface area contributed by atoms with Crippen LogP contribution in [-0.2, 0) is 10.0 Å². The zero-order valence-corrected chi connectivity index (χ0v) is 15.6. The zero-order chi connectivity index (χ0) is 19.3. The average Bonchev–Trinajstić information content (AvgIpc) is 2.61. The molecule has 0 unspecified atom stereocenters. The van der Waals surface area contributed by atoms with E-state index >= 15 is 0 Å². The molecule has 2 aromatic carbocycles. The van der Waals surface area contributed by atoms with E-state index in [1.54, 1.807) is 19.1 Å². The lowest BCUT2D eigenvalue weighted by atomic mass is 10.3. The second kappa shape index (κ2) is 8.15. The molecular formula is C16H17ClN4O4S. The maximum atomic E-state index is 12.8. The highest BCUT2D eigenvalue weighted by molar-refractivity contribution is 7.93. The summed E-state index contributed by atoms with van der Waals surface area (Å²) < 4.78 is 27.9. The van der Waals surface area contributed by atoms with Crippen LogP contribution in [0.15, 0.2) is 52.5 Å². The van der Waals surface area contributed by atoms with Crippen molar-refractivity contribution in [2.24, 2.45) is 5.10 Å². The minimum atomic E-state index is -4.15. The Morgan fingerprint density at radius 2 is 1.92 bits per heavy atom. The van der Waals surface area contributed by atoms with Crippen molar-refractivity contribution in [2.75, 3.05) is 10.1 Å². The lowest BCUT2D eigenvalue weighted by molar-refractivity contribution is -0.385. The standard InChI is InChI=1S/C16H17ClN4O4S/c1-3-11(2)18-19-15-9-8-12(21(22)23)10-16(15)26(24,25)20-14-7-5-4-6-13(14)17/h4-10,19-20H,3H2,1-2H3/b18-11+. The lowest BCUT2D eigenvalue weighted by Crippen LogP contribution is -2.15. The normalized spacial score (nSPS) is 11.9. The molecule has 2 aromatic rings. The van der Waals surface area contributed by atoms with Crippen LogP contribution < -0.4 is 10.1 Å². The SMILES string of the molecule is CC/C(C)=N/Nc1ccc([N+](=O)[O-])cc1S(=O)(=O)Nc1ccccc1Cl. The lowest BCUT2D eigenvalue weighted by Gasteiger charge is -2.13. The maximum absolute atomic E-state index is 12.8. The van der Waals surface area contributed by atoms with E-state index in [1.807, 2.05) is 6.92 Å². The van der Waals surface area contributed by atoms with Crippen LogP contribution >= 0.6 is 11.6 Å². The number of hydrogen-bond donors (Lipinski definition) is 2. The van der Waals surface area contributed by atoms with Crippen molar-refractivity contribution >= 4 is 44.4 Å². The minimum Gasteiger partial charge on any atom is -0.278 e. The number of anilines is 2. The first-order valence-corrected chi connectivity index (χ1v) is 9.45. The van der Waals surface area contributed by atoms with Gasteiger partial charge in [0.15, 0.2) is 0 Å². The Labute approximate surface area is 156 Å². The van der Waals surface area contributed by atoms with E-state index in [1.165, 1.54) is 24.3 Å². The quantitative estimate of drug-likeness (QED) is 0.412. The third kappa shape index (κ3) is 4.70. The third-order valence-electron chi connectivity index (χ3n) is 3.46. The Morgan fingerprint density at radius 1 is 1.23 bits per heavy atom. The largest absolute Gasteiger partial charge is 0.278 e. The Hall–Kier alpha value is -2.65. The molecule has 2 N–H and O–H groups in total. The minimum absolute atomic E-state index is 0.114. The molecule has 0 aliphatic heterocycles. The Bertz CT molecular complexity index is 960. The van der Waals surface area contributed by atoms with Crippen molar-refractivity contribution in [3.05, 3.63) is 57.6 Å². The molecule has 0 saturated carbocycles. The van der Waals surface area contributed by atoms with Crippen LogP contribution in [0.25, 0.3) is 0 Å². The predicted molar refractivity (Wildman–Crippen MR) is 102 cm³/mol. The van der Waals surface area contributed by atoms with Crippen LogP contribution in [0.5, 0.6) is 0 Å². The fourth-order valence-electron chi connectivity index (χ4n) is 1.92. The van der Waals surface area contributed by atoms with Gasteiger partial charge in [-0.2, -0.15) is 5.10 Å². The van der Waals surface area contributed by atoms with E-state index in [9.17, 15) is 18.5 Å². The summed E-state index contributed by atoms with van der Waals surface area (Å²) in [7, 11) is -4.15. The van der Waals surface area contributed by atoms with Crippen molar-refractivity contribution < 1.29 is 13.3 Å². The van der Waals surface area contributed by atoms with Gasteiger partial charge in [0, 0.05) is 17.8 Å². The van der Waals surface area contributed by atoms with E-state index in [0.717, 1.165) is 11.8 Å². The van der Waals surface area contributed by atoms with Crippen LogP contribution in [0, 0.1) is 10.1 Å². The summed E-state index contributed by atoms with van der Waals surface area (Å²) >= 11 is 5.99. The average molecular weight is 397 g/mol. The maximum Gasteiger partial charge on any atom is 0.270 e. The number of rotatable bonds is 7. The second-order valence-electron chi connectivity index (χ2n) is 5.34. The molecule has 0 bridgehead atoms. The molecule has 0 radical (unpaired) electrons. The number of nitro groups is 1. The number of nitrogens with one attached hydrogen (secondary N) is 2. The van der Waals surface area contributed by atoms with Gasteiger partial charge in [-0.25, -0.2) is 8.42 Å². The van der Waals surface area contributed by atoms with Gasteiger partial charge in [-0.15, -0.1) is 0 Å². The molecule has 0 fully saturated rings. The third-order valence-corrected chi connectivity index (χ3v) is 5.20. The molecule has 0 saturated heterocycles. The van der Waals surface area contributed by atoms with Gasteiger partial charge in [-0.3, -0.25) is 20.3 Å². The van der Waals surface area contributed by atoms with Gasteiger partial charge in [0.1, 0.15) is 4.90 Å². The van der Waals surface area contributed by atoms with Crippen LogP contribution in [0.1, 0.15) is 20.3 Å². The van der Waals surface area contributed by atoms with Gasteiger partial charge in [0.05, 0.1) is 21.3 Å². The number of sulfonamides is 1. The topological polar surface area (TPSA) is 114 Å². The molecule has 10 heteroatoms. The number of hydrogen-bond acceptors (Lipinski definition) is 6. The van der Waals surface area contributed by atoms with Gasteiger partial charge >= 0.3 is 0 Å². The summed E-state index contributed by atoms with van der Waals surface area (Å²) in [4.78, 5) is 10.1. The van der Waals surface area contributed by atoms with Crippen molar-refractivity contribution in [1.82, 2.24) is 0 Å². The van der Waals surface area contributed by atoms with Gasteiger partial charge in [0.2, 0.25) is 0 Å². The summed E-state index contributed by atoms with van der Waals surface area (Å²) in [6.07, 6.45) is 0.667. The number of para-hydroxylation sites is 1. The van der Waals surface area contributed by atoms with E-state index in [2.05, 4.69) is 15.2 Å². The molecule has 0 aliphatic rings. The fraction of sp³-hybridized carbons (Fsp3) is 0.188. The van der Waals surface area contributed by atoms with Crippen LogP contribution in [0.3, 0.4) is 0 Å². The number of nitro benzene ring substituents is 1. The predicted octanol–water partition coefficient (Wildman–Crippen LogP) is 4.25. The van der Waals surface area contributed by atoms with Gasteiger partial charge in [0.25, 0.3) is 15.7 Å². The highest BCUT2D eigenvalue weighted by atomic mass is 35.5. The van der Waals surface area contributed by atoms with Gasteiger partial charge < -0.3 is 0 Å². The van der Waals surface area contributed by atoms with Crippen molar-refractivity contribution in [2.45, 2.75) is 25.2 Å². The summed E-state index contributed by atoms with van der Waals surface area (Å²) in [6, 6.07) is 9.76. The fourth-order valence-corrected chi connectivity index (χ4v) is 3.41. The molecule has 2 rings (SSSR count). The Kier molecular flexibility index (Phi) is 6.17. The molecule has 26 heavy (non-hydrogen) atoms. The Morgan fingerprint density at radius 3 is 2.54 bits per heavy atom. The highest BCUT2D eigenvalue weighted by Crippen LogP contribution is 2.30. The number of non-ortho nitro benzene ring substituents is 1. The van der Waals surface area contributed by atoms with E-state index in [0.29, 0.717) is 6.42 Å². The summed E-state index contributed by atoms with van der Waals surface area (Å²) in [5.74, 6) is 0. The molecule has 0 aliphatic carbocycles. The monoisotopic (exact) mass is 396 g/mol. The number of hydrazone groups is 1. The molecule has 138 valence electrons. The highest BCUT2D eigenvalue weighted by Gasteiger charge is 2.23. The summed E-state index contributed by atoms with van der Waals surface area (Å²) in [5.41, 5.74) is 3.32. The van der Waals surface area contributed by atoms with Gasteiger partial charge in [-0.1, -0.05) is 30.7 Å².